The summed E-state index contributed by atoms with van der Waals surface area (Å²) in [5.74, 6) is -0.992. The zero-order valence-electron chi connectivity index (χ0n) is 13.8. The SMILES string of the molecule is Cc1ccc(C)c(C(=O)O[C@H](C)C(=O)Nc2cccc(C#N)c2)c1. The van der Waals surface area contributed by atoms with Crippen LogP contribution in [-0.4, -0.2) is 18.0 Å². The highest BCUT2D eigenvalue weighted by molar-refractivity contribution is 5.98. The Balaban J connectivity index is 2.04. The first-order valence-electron chi connectivity index (χ1n) is 7.50. The van der Waals surface area contributed by atoms with Gasteiger partial charge in [-0.3, -0.25) is 4.79 Å². The molecule has 0 aromatic heterocycles. The summed E-state index contributed by atoms with van der Waals surface area (Å²) < 4.78 is 5.25. The highest BCUT2D eigenvalue weighted by Gasteiger charge is 2.20. The van der Waals surface area contributed by atoms with E-state index in [1.54, 1.807) is 30.3 Å². The Morgan fingerprint density at radius 3 is 2.62 bits per heavy atom. The lowest BCUT2D eigenvalue weighted by Gasteiger charge is -2.14. The van der Waals surface area contributed by atoms with Crippen LogP contribution in [0.5, 0.6) is 0 Å². The predicted octanol–water partition coefficient (Wildman–Crippen LogP) is 3.36. The van der Waals surface area contributed by atoms with Crippen molar-refractivity contribution in [3.63, 3.8) is 0 Å². The quantitative estimate of drug-likeness (QED) is 0.875. The summed E-state index contributed by atoms with van der Waals surface area (Å²) in [7, 11) is 0. The summed E-state index contributed by atoms with van der Waals surface area (Å²) in [6.07, 6.45) is -0.955. The molecular weight excluding hydrogens is 304 g/mol. The minimum absolute atomic E-state index is 0.438. The third-order valence-corrected chi connectivity index (χ3v) is 3.53. The lowest BCUT2D eigenvalue weighted by atomic mass is 10.1. The molecular formula is C19H18N2O3. The topological polar surface area (TPSA) is 79.2 Å². The summed E-state index contributed by atoms with van der Waals surface area (Å²) in [6, 6.07) is 14.0. The first-order chi connectivity index (χ1) is 11.4. The summed E-state index contributed by atoms with van der Waals surface area (Å²) in [5.41, 5.74) is 3.10. The molecule has 2 aromatic carbocycles. The van der Waals surface area contributed by atoms with Crippen LogP contribution in [0.1, 0.15) is 34.0 Å². The standard InChI is InChI=1S/C19H18N2O3/c1-12-7-8-13(2)17(9-12)19(23)24-14(3)18(22)21-16-6-4-5-15(10-16)11-20/h4-10,14H,1-3H3,(H,21,22)/t14-/m1/s1. The fraction of sp³-hybridized carbons (Fsp3) is 0.211. The molecule has 5 nitrogen and oxygen atoms in total. The van der Waals surface area contributed by atoms with Crippen LogP contribution in [0.4, 0.5) is 5.69 Å². The van der Waals surface area contributed by atoms with E-state index in [1.807, 2.05) is 32.0 Å². The largest absolute Gasteiger partial charge is 0.449 e. The summed E-state index contributed by atoms with van der Waals surface area (Å²) in [4.78, 5) is 24.4. The van der Waals surface area contributed by atoms with E-state index in [0.717, 1.165) is 11.1 Å². The molecule has 24 heavy (non-hydrogen) atoms. The molecule has 2 aromatic rings. The number of nitrogens with one attached hydrogen (secondary N) is 1. The predicted molar refractivity (Wildman–Crippen MR) is 90.6 cm³/mol. The Hall–Kier alpha value is -3.13. The van der Waals surface area contributed by atoms with Crippen LogP contribution in [-0.2, 0) is 9.53 Å². The van der Waals surface area contributed by atoms with Crippen molar-refractivity contribution < 1.29 is 14.3 Å². The Bertz CT molecular complexity index is 822. The average molecular weight is 322 g/mol. The number of anilines is 1. The fourth-order valence-corrected chi connectivity index (χ4v) is 2.14. The molecule has 0 aliphatic heterocycles. The molecule has 0 heterocycles. The number of aryl methyl sites for hydroxylation is 2. The fourth-order valence-electron chi connectivity index (χ4n) is 2.14. The third kappa shape index (κ3) is 4.20. The lowest BCUT2D eigenvalue weighted by molar-refractivity contribution is -0.123. The van der Waals surface area contributed by atoms with E-state index >= 15 is 0 Å². The molecule has 0 bridgehead atoms. The maximum absolute atomic E-state index is 12.2. The smallest absolute Gasteiger partial charge is 0.339 e. The van der Waals surface area contributed by atoms with E-state index < -0.39 is 18.0 Å². The molecule has 0 fully saturated rings. The van der Waals surface area contributed by atoms with Gasteiger partial charge >= 0.3 is 5.97 Å². The van der Waals surface area contributed by atoms with Gasteiger partial charge in [0.1, 0.15) is 0 Å². The number of amides is 1. The van der Waals surface area contributed by atoms with E-state index in [-0.39, 0.29) is 0 Å². The highest BCUT2D eigenvalue weighted by atomic mass is 16.5. The zero-order valence-corrected chi connectivity index (χ0v) is 13.8. The number of rotatable bonds is 4. The van der Waals surface area contributed by atoms with Crippen LogP contribution in [0.25, 0.3) is 0 Å². The van der Waals surface area contributed by atoms with E-state index in [0.29, 0.717) is 16.8 Å². The second kappa shape index (κ2) is 7.42. The van der Waals surface area contributed by atoms with Gasteiger partial charge in [-0.05, 0) is 50.6 Å². The van der Waals surface area contributed by atoms with Gasteiger partial charge in [-0.1, -0.05) is 23.8 Å². The number of nitrogens with zero attached hydrogens (tertiary/aromatic N) is 1. The Kier molecular flexibility index (Phi) is 5.33. The lowest BCUT2D eigenvalue weighted by Crippen LogP contribution is -2.30. The molecule has 2 rings (SSSR count). The van der Waals surface area contributed by atoms with Crippen molar-refractivity contribution in [1.29, 1.82) is 5.26 Å². The maximum atomic E-state index is 12.2. The normalized spacial score (nSPS) is 11.2. The van der Waals surface area contributed by atoms with Crippen molar-refractivity contribution in [2.24, 2.45) is 0 Å². The average Bonchev–Trinajstić information content (AvgIpc) is 2.57. The van der Waals surface area contributed by atoms with E-state index in [9.17, 15) is 9.59 Å². The van der Waals surface area contributed by atoms with Crippen molar-refractivity contribution in [3.8, 4) is 6.07 Å². The van der Waals surface area contributed by atoms with Crippen LogP contribution in [0, 0.1) is 25.2 Å². The van der Waals surface area contributed by atoms with Crippen molar-refractivity contribution in [2.75, 3.05) is 5.32 Å². The van der Waals surface area contributed by atoms with Crippen molar-refractivity contribution in [1.82, 2.24) is 0 Å². The number of benzene rings is 2. The molecule has 0 saturated heterocycles. The molecule has 0 saturated carbocycles. The molecule has 0 aliphatic rings. The minimum atomic E-state index is -0.955. The second-order valence-corrected chi connectivity index (χ2v) is 5.55. The highest BCUT2D eigenvalue weighted by Crippen LogP contribution is 2.14. The van der Waals surface area contributed by atoms with Gasteiger partial charge in [-0.15, -0.1) is 0 Å². The molecule has 1 atom stereocenters. The second-order valence-electron chi connectivity index (χ2n) is 5.55. The van der Waals surface area contributed by atoms with Crippen LogP contribution in [0.15, 0.2) is 42.5 Å². The summed E-state index contributed by atoms with van der Waals surface area (Å²) >= 11 is 0. The molecule has 0 radical (unpaired) electrons. The van der Waals surface area contributed by atoms with E-state index in [2.05, 4.69) is 5.32 Å². The van der Waals surface area contributed by atoms with Gasteiger partial charge < -0.3 is 10.1 Å². The molecule has 1 amide bonds. The zero-order chi connectivity index (χ0) is 17.7. The number of nitriles is 1. The van der Waals surface area contributed by atoms with E-state index in [1.165, 1.54) is 6.92 Å². The number of esters is 1. The maximum Gasteiger partial charge on any atom is 0.339 e. The van der Waals surface area contributed by atoms with E-state index in [4.69, 9.17) is 10.00 Å². The minimum Gasteiger partial charge on any atom is -0.449 e. The Morgan fingerprint density at radius 2 is 1.92 bits per heavy atom. The van der Waals surface area contributed by atoms with Gasteiger partial charge in [0.15, 0.2) is 6.10 Å². The van der Waals surface area contributed by atoms with Gasteiger partial charge in [-0.25, -0.2) is 4.79 Å². The molecule has 5 heteroatoms. The molecule has 0 aliphatic carbocycles. The first kappa shape index (κ1) is 17.2. The first-order valence-corrected chi connectivity index (χ1v) is 7.50. The van der Waals surface area contributed by atoms with Gasteiger partial charge in [-0.2, -0.15) is 5.26 Å². The molecule has 0 spiro atoms. The van der Waals surface area contributed by atoms with Crippen LogP contribution >= 0.6 is 0 Å². The van der Waals surface area contributed by atoms with Crippen molar-refractivity contribution in [3.05, 3.63) is 64.7 Å². The summed E-state index contributed by atoms with van der Waals surface area (Å²) in [5, 5.41) is 11.5. The molecule has 0 unspecified atom stereocenters. The van der Waals surface area contributed by atoms with Gasteiger partial charge in [0.25, 0.3) is 5.91 Å². The van der Waals surface area contributed by atoms with Gasteiger partial charge in [0, 0.05) is 5.69 Å². The number of hydrogen-bond donors (Lipinski definition) is 1. The third-order valence-electron chi connectivity index (χ3n) is 3.53. The number of carbonyl (C=O) groups is 2. The van der Waals surface area contributed by atoms with Crippen LogP contribution < -0.4 is 5.32 Å². The molecule has 1 N–H and O–H groups in total. The van der Waals surface area contributed by atoms with Crippen molar-refractivity contribution in [2.45, 2.75) is 26.9 Å². The van der Waals surface area contributed by atoms with Crippen LogP contribution in [0.3, 0.4) is 0 Å². The monoisotopic (exact) mass is 322 g/mol. The number of carbonyl (C=O) groups excluding carboxylic acids is 2. The number of hydrogen-bond acceptors (Lipinski definition) is 4. The number of ether oxygens (including phenoxy) is 1. The van der Waals surface area contributed by atoms with Crippen molar-refractivity contribution >= 4 is 17.6 Å². The van der Waals surface area contributed by atoms with Gasteiger partial charge in [0.2, 0.25) is 0 Å². The summed E-state index contributed by atoms with van der Waals surface area (Å²) in [6.45, 7) is 5.20. The van der Waals surface area contributed by atoms with Gasteiger partial charge in [0.05, 0.1) is 17.2 Å². The Morgan fingerprint density at radius 1 is 1.17 bits per heavy atom. The molecule has 122 valence electrons. The Labute approximate surface area is 140 Å². The van der Waals surface area contributed by atoms with Crippen LogP contribution in [0.2, 0.25) is 0 Å².